The Hall–Kier alpha value is -2.41. The molecule has 0 saturated heterocycles. The van der Waals surface area contributed by atoms with Gasteiger partial charge in [-0.05, 0) is 12.1 Å². The van der Waals surface area contributed by atoms with Crippen LogP contribution in [0.15, 0.2) is 48.5 Å². The van der Waals surface area contributed by atoms with E-state index in [0.29, 0.717) is 0 Å². The summed E-state index contributed by atoms with van der Waals surface area (Å²) in [4.78, 5) is 12.3. The molecule has 0 fully saturated rings. The first kappa shape index (κ1) is 16.0. The van der Waals surface area contributed by atoms with Gasteiger partial charge in [-0.3, -0.25) is 0 Å². The maximum absolute atomic E-state index is 10.6. The average molecular weight is 325 g/mol. The molecule has 0 aliphatic rings. The van der Waals surface area contributed by atoms with E-state index in [1.54, 1.807) is 0 Å². The van der Waals surface area contributed by atoms with E-state index < -0.39 is 12.1 Å². The third-order valence-corrected chi connectivity index (χ3v) is 3.30. The minimum absolute atomic E-state index is 0.931. The number of nitrogens with one attached hydrogen (secondary N) is 1. The first-order valence-corrected chi connectivity index (χ1v) is 6.51. The molecular formula is C15H10F3NO2S. The third kappa shape index (κ3) is 3.43. The molecule has 0 amide bonds. The van der Waals surface area contributed by atoms with E-state index in [2.05, 4.69) is 29.2 Å². The largest absolute Gasteiger partial charge is 0.490 e. The first-order chi connectivity index (χ1) is 10.3. The minimum atomic E-state index is -5.08. The zero-order valence-electron chi connectivity index (χ0n) is 11.0. The Bertz CT molecular complexity index is 830. The number of alkyl halides is 3. The zero-order valence-corrected chi connectivity index (χ0v) is 11.8. The van der Waals surface area contributed by atoms with E-state index in [-0.39, 0.29) is 0 Å². The number of halogens is 3. The summed E-state index contributed by atoms with van der Waals surface area (Å²) in [5.41, 5.74) is 2.20. The van der Waals surface area contributed by atoms with Gasteiger partial charge in [0.1, 0.15) is 0 Å². The summed E-state index contributed by atoms with van der Waals surface area (Å²) < 4.78 is 32.7. The van der Waals surface area contributed by atoms with Crippen LogP contribution in [0.4, 0.5) is 13.2 Å². The highest BCUT2D eigenvalue weighted by Crippen LogP contribution is 2.21. The molecule has 1 aromatic heterocycles. The molecule has 0 radical (unpaired) electrons. The summed E-state index contributed by atoms with van der Waals surface area (Å²) in [6, 6.07) is 16.3. The second-order valence-corrected chi connectivity index (χ2v) is 4.76. The highest BCUT2D eigenvalue weighted by atomic mass is 32.1. The quantitative estimate of drug-likeness (QED) is 0.466. The van der Waals surface area contributed by atoms with Gasteiger partial charge in [0, 0.05) is 21.8 Å². The van der Waals surface area contributed by atoms with E-state index in [1.807, 2.05) is 24.3 Å². The normalized spacial score (nSPS) is 11.0. The van der Waals surface area contributed by atoms with Crippen molar-refractivity contribution < 1.29 is 23.1 Å². The van der Waals surface area contributed by atoms with Gasteiger partial charge in [0.05, 0.1) is 4.51 Å². The van der Waals surface area contributed by atoms with Gasteiger partial charge in [-0.1, -0.05) is 48.6 Å². The molecule has 0 atom stereocenters. The van der Waals surface area contributed by atoms with Crippen LogP contribution in [0.25, 0.3) is 21.8 Å². The summed E-state index contributed by atoms with van der Waals surface area (Å²) in [7, 11) is 0. The predicted octanol–water partition coefficient (Wildman–Crippen LogP) is 4.68. The highest BCUT2D eigenvalue weighted by Gasteiger charge is 2.38. The van der Waals surface area contributed by atoms with Crippen LogP contribution in [0.3, 0.4) is 0 Å². The lowest BCUT2D eigenvalue weighted by Crippen LogP contribution is -2.21. The Labute approximate surface area is 128 Å². The van der Waals surface area contributed by atoms with Crippen molar-refractivity contribution in [2.24, 2.45) is 0 Å². The zero-order chi connectivity index (χ0) is 16.3. The van der Waals surface area contributed by atoms with E-state index in [9.17, 15) is 13.2 Å². The molecule has 7 heteroatoms. The number of H-pyrrole nitrogens is 1. The van der Waals surface area contributed by atoms with Crippen molar-refractivity contribution in [2.75, 3.05) is 0 Å². The molecule has 0 saturated carbocycles. The molecule has 3 rings (SSSR count). The molecule has 114 valence electrons. The number of hydrogen-bond acceptors (Lipinski definition) is 2. The van der Waals surface area contributed by atoms with Gasteiger partial charge >= 0.3 is 12.1 Å². The van der Waals surface area contributed by atoms with Gasteiger partial charge in [-0.25, -0.2) is 4.79 Å². The van der Waals surface area contributed by atoms with E-state index in [4.69, 9.17) is 22.1 Å². The fraction of sp³-hybridized carbons (Fsp3) is 0.0667. The molecule has 0 aliphatic heterocycles. The summed E-state index contributed by atoms with van der Waals surface area (Å²) in [6.45, 7) is 0. The van der Waals surface area contributed by atoms with Gasteiger partial charge < -0.3 is 10.1 Å². The fourth-order valence-electron chi connectivity index (χ4n) is 1.87. The van der Waals surface area contributed by atoms with Crippen LogP contribution >= 0.6 is 12.2 Å². The second kappa shape index (κ2) is 6.15. The van der Waals surface area contributed by atoms with Crippen LogP contribution in [0.5, 0.6) is 0 Å². The first-order valence-electron chi connectivity index (χ1n) is 6.10. The molecule has 0 unspecified atom stereocenters. The van der Waals surface area contributed by atoms with Crippen LogP contribution in [0.2, 0.25) is 0 Å². The number of fused-ring (bicyclic) bond motifs is 2. The van der Waals surface area contributed by atoms with Gasteiger partial charge in [-0.15, -0.1) is 0 Å². The lowest BCUT2D eigenvalue weighted by atomic mass is 10.1. The lowest BCUT2D eigenvalue weighted by molar-refractivity contribution is -0.192. The smallest absolute Gasteiger partial charge is 0.475 e. The fourth-order valence-corrected chi connectivity index (χ4v) is 2.23. The minimum Gasteiger partial charge on any atom is -0.475 e. The Morgan fingerprint density at radius 3 is 1.68 bits per heavy atom. The van der Waals surface area contributed by atoms with Crippen molar-refractivity contribution in [1.29, 1.82) is 0 Å². The molecule has 3 aromatic rings. The molecule has 1 heterocycles. The molecule has 0 aliphatic carbocycles. The summed E-state index contributed by atoms with van der Waals surface area (Å²) in [6.07, 6.45) is -5.08. The van der Waals surface area contributed by atoms with Crippen LogP contribution < -0.4 is 0 Å². The molecule has 0 spiro atoms. The van der Waals surface area contributed by atoms with Crippen molar-refractivity contribution in [1.82, 2.24) is 4.98 Å². The molecular weight excluding hydrogens is 315 g/mol. The molecule has 3 nitrogen and oxygen atoms in total. The van der Waals surface area contributed by atoms with E-state index in [1.165, 1.54) is 0 Å². The number of aliphatic carboxylic acids is 1. The number of para-hydroxylation sites is 2. The second-order valence-electron chi connectivity index (χ2n) is 4.35. The number of rotatable bonds is 0. The van der Waals surface area contributed by atoms with Gasteiger partial charge in [0.2, 0.25) is 0 Å². The number of pyridine rings is 1. The number of carboxylic acids is 1. The number of aromatic amines is 1. The van der Waals surface area contributed by atoms with Crippen LogP contribution in [0, 0.1) is 4.51 Å². The van der Waals surface area contributed by atoms with Crippen LogP contribution in [-0.4, -0.2) is 22.2 Å². The number of benzene rings is 2. The topological polar surface area (TPSA) is 53.1 Å². The predicted molar refractivity (Wildman–Crippen MR) is 80.3 cm³/mol. The van der Waals surface area contributed by atoms with Crippen molar-refractivity contribution in [3.8, 4) is 0 Å². The highest BCUT2D eigenvalue weighted by molar-refractivity contribution is 7.72. The molecule has 22 heavy (non-hydrogen) atoms. The Morgan fingerprint density at radius 1 is 0.955 bits per heavy atom. The van der Waals surface area contributed by atoms with Crippen LogP contribution in [-0.2, 0) is 4.79 Å². The number of aromatic nitrogens is 1. The summed E-state index contributed by atoms with van der Waals surface area (Å²) in [5.74, 6) is -2.76. The van der Waals surface area contributed by atoms with Crippen molar-refractivity contribution in [2.45, 2.75) is 6.18 Å². The molecule has 2 N–H and O–H groups in total. The number of carboxylic acid groups (broad SMARTS) is 1. The Morgan fingerprint density at radius 2 is 1.32 bits per heavy atom. The number of carbonyl (C=O) groups is 1. The molecule has 2 aromatic carbocycles. The van der Waals surface area contributed by atoms with Gasteiger partial charge in [0.15, 0.2) is 0 Å². The summed E-state index contributed by atoms with van der Waals surface area (Å²) in [5, 5.41) is 9.36. The van der Waals surface area contributed by atoms with Crippen molar-refractivity contribution in [3.63, 3.8) is 0 Å². The van der Waals surface area contributed by atoms with Gasteiger partial charge in [-0.2, -0.15) is 13.2 Å². The maximum atomic E-state index is 10.6. The van der Waals surface area contributed by atoms with Crippen molar-refractivity contribution in [3.05, 3.63) is 53.0 Å². The van der Waals surface area contributed by atoms with Crippen LogP contribution in [0.1, 0.15) is 0 Å². The van der Waals surface area contributed by atoms with Gasteiger partial charge in [0.25, 0.3) is 0 Å². The van der Waals surface area contributed by atoms with Crippen molar-refractivity contribution >= 4 is 40.0 Å². The number of hydrogen-bond donors (Lipinski definition) is 2. The monoisotopic (exact) mass is 325 g/mol. The maximum Gasteiger partial charge on any atom is 0.490 e. The third-order valence-electron chi connectivity index (χ3n) is 2.86. The average Bonchev–Trinajstić information content (AvgIpc) is 2.47. The molecule has 0 bridgehead atoms. The van der Waals surface area contributed by atoms with E-state index in [0.717, 1.165) is 26.3 Å². The SMILES string of the molecule is O=C(O)C(F)(F)F.S=c1c2ccccc2[nH]c2ccccc12. The summed E-state index contributed by atoms with van der Waals surface area (Å²) >= 11 is 5.48. The Balaban J connectivity index is 0.000000217. The van der Waals surface area contributed by atoms with E-state index >= 15 is 0 Å². The lowest BCUT2D eigenvalue weighted by Gasteiger charge is -2.02. The standard InChI is InChI=1S/C13H9NS.C2HF3O2/c15-13-9-5-1-3-7-11(9)14-12-8-4-2-6-10(12)13;3-2(4,5)1(6)7/h1-8H,(H,14,15);(H,6,7). The Kier molecular flexibility index (Phi) is 4.46.